The average molecular weight is 473 g/mol. The summed E-state index contributed by atoms with van der Waals surface area (Å²) in [5, 5.41) is 5.32. The molecule has 3 rings (SSSR count). The number of amidine groups is 1. The fraction of sp³-hybridized carbons (Fsp3) is 0.348. The summed E-state index contributed by atoms with van der Waals surface area (Å²) < 4.78 is 32.5. The minimum absolute atomic E-state index is 0.127. The molecule has 0 spiro atoms. The number of fused-ring (bicyclic) bond motifs is 1. The van der Waals surface area contributed by atoms with Gasteiger partial charge in [-0.25, -0.2) is 8.42 Å². The van der Waals surface area contributed by atoms with Gasteiger partial charge in [-0.2, -0.15) is 0 Å². The van der Waals surface area contributed by atoms with E-state index in [9.17, 15) is 18.0 Å². The predicted octanol–water partition coefficient (Wildman–Crippen LogP) is 2.29. The molecular weight excluding hydrogens is 444 g/mol. The van der Waals surface area contributed by atoms with Crippen molar-refractivity contribution in [2.24, 2.45) is 10.9 Å². The largest absolute Gasteiger partial charge is 0.494 e. The maximum absolute atomic E-state index is 12.9. The van der Waals surface area contributed by atoms with Crippen LogP contribution in [0.2, 0.25) is 0 Å². The topological polar surface area (TPSA) is 126 Å². The Morgan fingerprint density at radius 3 is 2.45 bits per heavy atom. The number of sulfonamides is 1. The van der Waals surface area contributed by atoms with Gasteiger partial charge in [-0.1, -0.05) is 32.4 Å². The minimum Gasteiger partial charge on any atom is -0.494 e. The van der Waals surface area contributed by atoms with Crippen molar-refractivity contribution in [2.75, 3.05) is 18.5 Å². The molecule has 2 amide bonds. The molecule has 0 unspecified atom stereocenters. The van der Waals surface area contributed by atoms with Crippen molar-refractivity contribution in [1.82, 2.24) is 10.0 Å². The van der Waals surface area contributed by atoms with Gasteiger partial charge in [0.05, 0.1) is 18.0 Å². The Balaban J connectivity index is 1.68. The first kappa shape index (κ1) is 24.2. The number of rotatable bonds is 9. The van der Waals surface area contributed by atoms with Gasteiger partial charge >= 0.3 is 0 Å². The van der Waals surface area contributed by atoms with E-state index in [1.807, 2.05) is 20.8 Å². The monoisotopic (exact) mass is 472 g/mol. The fourth-order valence-corrected chi connectivity index (χ4v) is 4.55. The lowest BCUT2D eigenvalue weighted by molar-refractivity contribution is -0.125. The number of anilines is 1. The third kappa shape index (κ3) is 5.89. The number of carbonyl (C=O) groups is 2. The zero-order valence-corrected chi connectivity index (χ0v) is 19.6. The summed E-state index contributed by atoms with van der Waals surface area (Å²) >= 11 is 0. The Morgan fingerprint density at radius 1 is 1.09 bits per heavy atom. The molecular formula is C23H28N4O5S. The Bertz CT molecular complexity index is 1150. The second kappa shape index (κ2) is 10.5. The summed E-state index contributed by atoms with van der Waals surface area (Å²) in [5.41, 5.74) is 1.00. The SMILES string of the molecule is CCOc1ccc(NC(=O)CNC(=O)[C@@H](N=C2NS(=O)(=O)c3ccccc32)[C@@H](C)CC)cc1. The molecule has 0 bridgehead atoms. The van der Waals surface area contributed by atoms with E-state index in [-0.39, 0.29) is 23.2 Å². The lowest BCUT2D eigenvalue weighted by Crippen LogP contribution is -2.42. The van der Waals surface area contributed by atoms with Crippen molar-refractivity contribution in [3.8, 4) is 5.75 Å². The zero-order valence-electron chi connectivity index (χ0n) is 18.8. The summed E-state index contributed by atoms with van der Waals surface area (Å²) in [7, 11) is -3.71. The molecule has 0 aromatic heterocycles. The Labute approximate surface area is 193 Å². The molecule has 1 aliphatic heterocycles. The highest BCUT2D eigenvalue weighted by atomic mass is 32.2. The molecule has 33 heavy (non-hydrogen) atoms. The third-order valence-corrected chi connectivity index (χ3v) is 6.65. The molecule has 1 heterocycles. The number of nitrogens with one attached hydrogen (secondary N) is 3. The normalized spacial score (nSPS) is 16.9. The lowest BCUT2D eigenvalue weighted by atomic mass is 9.98. The molecule has 2 aromatic rings. The van der Waals surface area contributed by atoms with Crippen LogP contribution in [0.1, 0.15) is 32.8 Å². The summed E-state index contributed by atoms with van der Waals surface area (Å²) in [6.07, 6.45) is 0.641. The number of benzene rings is 2. The highest BCUT2D eigenvalue weighted by Gasteiger charge is 2.33. The second-order valence-electron chi connectivity index (χ2n) is 7.63. The van der Waals surface area contributed by atoms with E-state index in [0.717, 1.165) is 0 Å². The van der Waals surface area contributed by atoms with Crippen LogP contribution in [0, 0.1) is 5.92 Å². The highest BCUT2D eigenvalue weighted by molar-refractivity contribution is 7.90. The number of ether oxygens (including phenoxy) is 1. The van der Waals surface area contributed by atoms with E-state index >= 15 is 0 Å². The van der Waals surface area contributed by atoms with Gasteiger partial charge < -0.3 is 15.4 Å². The van der Waals surface area contributed by atoms with Gasteiger partial charge in [0.15, 0.2) is 0 Å². The van der Waals surface area contributed by atoms with Crippen LogP contribution in [0.15, 0.2) is 58.4 Å². The van der Waals surface area contributed by atoms with Crippen molar-refractivity contribution in [2.45, 2.75) is 38.1 Å². The standard InChI is InChI=1S/C23H28N4O5S/c1-4-15(3)21(26-22-18-8-6-7-9-19(18)33(30,31)27-22)23(29)24-14-20(28)25-16-10-12-17(13-11-16)32-5-2/h6-13,15,21H,4-5,14H2,1-3H3,(H,24,29)(H,25,28)(H,26,27)/t15-,21-/m0/s1. The van der Waals surface area contributed by atoms with Gasteiger partial charge in [0.1, 0.15) is 17.6 Å². The van der Waals surface area contributed by atoms with Gasteiger partial charge in [-0.3, -0.25) is 19.3 Å². The lowest BCUT2D eigenvalue weighted by Gasteiger charge is -2.19. The molecule has 0 aliphatic carbocycles. The van der Waals surface area contributed by atoms with Crippen LogP contribution in [-0.4, -0.2) is 45.3 Å². The number of carbonyl (C=O) groups excluding carboxylic acids is 2. The molecule has 176 valence electrons. The molecule has 2 aromatic carbocycles. The number of amides is 2. The van der Waals surface area contributed by atoms with Gasteiger partial charge in [0, 0.05) is 11.3 Å². The van der Waals surface area contributed by atoms with Crippen molar-refractivity contribution in [1.29, 1.82) is 0 Å². The van der Waals surface area contributed by atoms with Crippen LogP contribution >= 0.6 is 0 Å². The molecule has 1 aliphatic rings. The van der Waals surface area contributed by atoms with Crippen LogP contribution in [0.25, 0.3) is 0 Å². The molecule has 9 nitrogen and oxygen atoms in total. The fourth-order valence-electron chi connectivity index (χ4n) is 3.31. The van der Waals surface area contributed by atoms with Gasteiger partial charge in [0.25, 0.3) is 10.0 Å². The second-order valence-corrected chi connectivity index (χ2v) is 9.28. The minimum atomic E-state index is -3.71. The summed E-state index contributed by atoms with van der Waals surface area (Å²) in [6, 6.07) is 12.5. The van der Waals surface area contributed by atoms with Crippen LogP contribution in [0.5, 0.6) is 5.75 Å². The summed E-state index contributed by atoms with van der Waals surface area (Å²) in [4.78, 5) is 29.8. The highest BCUT2D eigenvalue weighted by Crippen LogP contribution is 2.24. The van der Waals surface area contributed by atoms with E-state index in [1.54, 1.807) is 42.5 Å². The summed E-state index contributed by atoms with van der Waals surface area (Å²) in [5.74, 6) is -0.200. The smallest absolute Gasteiger partial charge is 0.263 e. The van der Waals surface area contributed by atoms with Crippen molar-refractivity contribution in [3.05, 3.63) is 54.1 Å². The van der Waals surface area contributed by atoms with Crippen molar-refractivity contribution >= 4 is 33.4 Å². The van der Waals surface area contributed by atoms with Gasteiger partial charge in [-0.15, -0.1) is 0 Å². The van der Waals surface area contributed by atoms with Crippen molar-refractivity contribution in [3.63, 3.8) is 0 Å². The molecule has 0 fully saturated rings. The number of hydrogen-bond donors (Lipinski definition) is 3. The molecule has 0 saturated heterocycles. The first-order valence-electron chi connectivity index (χ1n) is 10.8. The number of aliphatic imine (C=N–C) groups is 1. The van der Waals surface area contributed by atoms with E-state index < -0.39 is 27.9 Å². The Kier molecular flexibility index (Phi) is 7.70. The number of nitrogens with zero attached hydrogens (tertiary/aromatic N) is 1. The molecule has 0 saturated carbocycles. The van der Waals surface area contributed by atoms with Gasteiger partial charge in [-0.05, 0) is 49.2 Å². The third-order valence-electron chi connectivity index (χ3n) is 5.25. The van der Waals surface area contributed by atoms with Crippen molar-refractivity contribution < 1.29 is 22.7 Å². The summed E-state index contributed by atoms with van der Waals surface area (Å²) in [6.45, 7) is 5.95. The van der Waals surface area contributed by atoms with Crippen LogP contribution in [0.4, 0.5) is 5.69 Å². The van der Waals surface area contributed by atoms with Gasteiger partial charge in [0.2, 0.25) is 11.8 Å². The molecule has 2 atom stereocenters. The van der Waals surface area contributed by atoms with E-state index in [4.69, 9.17) is 4.74 Å². The van der Waals surface area contributed by atoms with Crippen LogP contribution < -0.4 is 20.1 Å². The van der Waals surface area contributed by atoms with E-state index in [0.29, 0.717) is 30.0 Å². The maximum atomic E-state index is 12.9. The molecule has 3 N–H and O–H groups in total. The maximum Gasteiger partial charge on any atom is 0.263 e. The van der Waals surface area contributed by atoms with E-state index in [1.165, 1.54) is 6.07 Å². The first-order valence-corrected chi connectivity index (χ1v) is 12.2. The first-order chi connectivity index (χ1) is 15.7. The molecule has 10 heteroatoms. The Morgan fingerprint density at radius 2 is 1.79 bits per heavy atom. The number of hydrogen-bond acceptors (Lipinski definition) is 6. The Hall–Kier alpha value is -3.40. The molecule has 0 radical (unpaired) electrons. The average Bonchev–Trinajstić information content (AvgIpc) is 3.07. The quantitative estimate of drug-likeness (QED) is 0.516. The van der Waals surface area contributed by atoms with Crippen LogP contribution in [-0.2, 0) is 19.6 Å². The van der Waals surface area contributed by atoms with Crippen LogP contribution in [0.3, 0.4) is 0 Å². The zero-order chi connectivity index (χ0) is 24.0. The van der Waals surface area contributed by atoms with E-state index in [2.05, 4.69) is 20.3 Å². The predicted molar refractivity (Wildman–Crippen MR) is 126 cm³/mol.